The van der Waals surface area contributed by atoms with E-state index in [0.29, 0.717) is 0 Å². The average Bonchev–Trinajstić information content (AvgIpc) is 3.82. The molecule has 0 aliphatic carbocycles. The molecule has 2 aromatic heterocycles. The Kier molecular flexibility index (Phi) is 9.82. The van der Waals surface area contributed by atoms with E-state index in [4.69, 9.17) is 9.97 Å². The van der Waals surface area contributed by atoms with Crippen molar-refractivity contribution in [3.63, 3.8) is 0 Å². The molecule has 0 aliphatic heterocycles. The fourth-order valence-electron chi connectivity index (χ4n) is 11.5. The number of hydrogen-bond donors (Lipinski definition) is 0. The predicted octanol–water partition coefficient (Wildman–Crippen LogP) is 19.1. The number of fused-ring (bicyclic) bond motifs is 13. The molecule has 75 heavy (non-hydrogen) atoms. The van der Waals surface area contributed by atoms with Crippen LogP contribution in [0.25, 0.3) is 104 Å². The van der Waals surface area contributed by atoms with Crippen LogP contribution in [0.4, 0.5) is 34.1 Å². The van der Waals surface area contributed by atoms with Crippen molar-refractivity contribution in [2.24, 2.45) is 0 Å². The molecule has 15 aromatic rings. The van der Waals surface area contributed by atoms with E-state index in [1.165, 1.54) is 27.1 Å². The quantitative estimate of drug-likeness (QED) is 0.112. The molecule has 0 saturated carbocycles. The highest BCUT2D eigenvalue weighted by Gasteiger charge is 2.23. The lowest BCUT2D eigenvalue weighted by Gasteiger charge is -2.27. The van der Waals surface area contributed by atoms with E-state index in [1.54, 1.807) is 0 Å². The maximum absolute atomic E-state index is 5.85. The molecule has 0 amide bonds. The Morgan fingerprint density at radius 2 is 0.720 bits per heavy atom. The molecule has 0 aliphatic rings. The molecule has 2 heterocycles. The maximum atomic E-state index is 5.85. The van der Waals surface area contributed by atoms with E-state index >= 15 is 0 Å². The van der Waals surface area contributed by atoms with Gasteiger partial charge in [-0.05, 0) is 153 Å². The molecule has 0 spiro atoms. The van der Waals surface area contributed by atoms with Gasteiger partial charge in [-0.3, -0.25) is 0 Å². The molecule has 13 aromatic carbocycles. The summed E-state index contributed by atoms with van der Waals surface area (Å²) in [6.07, 6.45) is 0. The first-order chi connectivity index (χ1) is 37.2. The highest BCUT2D eigenvalue weighted by atomic mass is 15.1. The van der Waals surface area contributed by atoms with Gasteiger partial charge >= 0.3 is 0 Å². The molecular formula is C70H45N5. The Balaban J connectivity index is 1.02. The number of para-hydroxylation sites is 4. The van der Waals surface area contributed by atoms with Crippen molar-refractivity contribution in [2.75, 3.05) is 9.80 Å². The summed E-state index contributed by atoms with van der Waals surface area (Å²) in [6.45, 7) is 0. The molecule has 0 fully saturated rings. The number of nitrogens with zero attached hydrogens (tertiary/aromatic N) is 5. The Morgan fingerprint density at radius 3 is 1.28 bits per heavy atom. The second kappa shape index (κ2) is 17.3. The number of hydrogen-bond acceptors (Lipinski definition) is 4. The SMILES string of the molecule is c1ccc(N(c2ccccc2)c2ccc3c(c2)c2cc(N(c4ccccc4)c4ccccc4)ccc2c2nc4c(ccc5c4c4ccc(-c6ccc7ccccc7c6)cc4n5-c4ccc5ccccc5c4)nc32)cc1. The fourth-order valence-corrected chi connectivity index (χ4v) is 11.5. The second-order valence-electron chi connectivity index (χ2n) is 19.4. The minimum absolute atomic E-state index is 0.849. The second-order valence-corrected chi connectivity index (χ2v) is 19.4. The number of anilines is 6. The van der Waals surface area contributed by atoms with Crippen LogP contribution >= 0.6 is 0 Å². The van der Waals surface area contributed by atoms with Gasteiger partial charge in [0.15, 0.2) is 0 Å². The average molecular weight is 956 g/mol. The number of aromatic nitrogens is 3. The monoisotopic (exact) mass is 955 g/mol. The normalized spacial score (nSPS) is 11.7. The van der Waals surface area contributed by atoms with Gasteiger partial charge in [-0.25, -0.2) is 9.97 Å². The van der Waals surface area contributed by atoms with E-state index in [-0.39, 0.29) is 0 Å². The van der Waals surface area contributed by atoms with E-state index in [2.05, 4.69) is 287 Å². The van der Waals surface area contributed by atoms with Crippen LogP contribution in [0.1, 0.15) is 0 Å². The van der Waals surface area contributed by atoms with Crippen molar-refractivity contribution in [3.05, 3.63) is 273 Å². The highest BCUT2D eigenvalue weighted by molar-refractivity contribution is 6.27. The summed E-state index contributed by atoms with van der Waals surface area (Å²) >= 11 is 0. The summed E-state index contributed by atoms with van der Waals surface area (Å²) < 4.78 is 2.42. The van der Waals surface area contributed by atoms with Gasteiger partial charge in [-0.15, -0.1) is 0 Å². The summed E-state index contributed by atoms with van der Waals surface area (Å²) in [5.41, 5.74) is 15.5. The zero-order valence-electron chi connectivity index (χ0n) is 40.7. The number of benzene rings is 13. The molecule has 0 radical (unpaired) electrons. The van der Waals surface area contributed by atoms with E-state index < -0.39 is 0 Å². The molecule has 5 nitrogen and oxygen atoms in total. The number of rotatable bonds is 8. The van der Waals surface area contributed by atoms with Crippen molar-refractivity contribution in [3.8, 4) is 16.8 Å². The highest BCUT2D eigenvalue weighted by Crippen LogP contribution is 2.45. The summed E-state index contributed by atoms with van der Waals surface area (Å²) in [5.74, 6) is 0. The first-order valence-corrected chi connectivity index (χ1v) is 25.6. The van der Waals surface area contributed by atoms with Gasteiger partial charge in [0, 0.05) is 61.4 Å². The smallest absolute Gasteiger partial charge is 0.0995 e. The Morgan fingerprint density at radius 1 is 0.267 bits per heavy atom. The fraction of sp³-hybridized carbons (Fsp3) is 0. The lowest BCUT2D eigenvalue weighted by Crippen LogP contribution is -2.10. The van der Waals surface area contributed by atoms with Gasteiger partial charge in [0.2, 0.25) is 0 Å². The molecular weight excluding hydrogens is 911 g/mol. The zero-order valence-corrected chi connectivity index (χ0v) is 40.7. The Bertz CT molecular complexity index is 4630. The molecule has 0 atom stereocenters. The predicted molar refractivity (Wildman–Crippen MR) is 316 cm³/mol. The first kappa shape index (κ1) is 42.6. The summed E-state index contributed by atoms with van der Waals surface area (Å²) in [5, 5.41) is 11.3. The zero-order chi connectivity index (χ0) is 49.4. The largest absolute Gasteiger partial charge is 0.310 e. The Hall–Kier alpha value is -10.1. The third-order valence-electron chi connectivity index (χ3n) is 15.0. The van der Waals surface area contributed by atoms with Gasteiger partial charge in [0.05, 0.1) is 33.1 Å². The third kappa shape index (κ3) is 7.08. The van der Waals surface area contributed by atoms with Crippen molar-refractivity contribution in [1.29, 1.82) is 0 Å². The summed E-state index contributed by atoms with van der Waals surface area (Å²) in [6, 6.07) is 98.2. The van der Waals surface area contributed by atoms with Crippen LogP contribution in [0, 0.1) is 0 Å². The molecule has 0 bridgehead atoms. The van der Waals surface area contributed by atoms with Crippen LogP contribution in [0.15, 0.2) is 273 Å². The summed E-state index contributed by atoms with van der Waals surface area (Å²) in [7, 11) is 0. The molecule has 15 rings (SSSR count). The lowest BCUT2D eigenvalue weighted by molar-refractivity contribution is 1.19. The molecule has 0 saturated heterocycles. The first-order valence-electron chi connectivity index (χ1n) is 25.6. The van der Waals surface area contributed by atoms with Crippen LogP contribution in [0.5, 0.6) is 0 Å². The minimum Gasteiger partial charge on any atom is -0.310 e. The standard InChI is InChI=1S/C70H45N5/c1-5-21-52(22-6-1)73(53-23-7-2-8-24-53)57-34-37-59-62(44-57)63-45-58(74(54-25-9-3-10-26-54)55-27-11-4-12-28-55)35-38-60(63)69-68(59)71-64-39-40-65-67(70(64)72-69)61-36-32-51(50-30-29-46-17-13-15-19-48(46)41-50)43-66(61)75(65)56-33-31-47-18-14-16-20-49(47)42-56/h1-45H. The van der Waals surface area contributed by atoms with E-state index in [0.717, 1.165) is 111 Å². The van der Waals surface area contributed by atoms with Gasteiger partial charge < -0.3 is 14.4 Å². The topological polar surface area (TPSA) is 37.2 Å². The Labute approximate surface area is 433 Å². The lowest BCUT2D eigenvalue weighted by atomic mass is 9.97. The van der Waals surface area contributed by atoms with Gasteiger partial charge in [-0.1, -0.05) is 164 Å². The van der Waals surface area contributed by atoms with Gasteiger partial charge in [0.25, 0.3) is 0 Å². The van der Waals surface area contributed by atoms with Crippen LogP contribution in [0.2, 0.25) is 0 Å². The minimum atomic E-state index is 0.849. The summed E-state index contributed by atoms with van der Waals surface area (Å²) in [4.78, 5) is 16.2. The van der Waals surface area contributed by atoms with Crippen LogP contribution < -0.4 is 9.80 Å². The van der Waals surface area contributed by atoms with Crippen LogP contribution in [-0.2, 0) is 0 Å². The van der Waals surface area contributed by atoms with E-state index in [1.807, 2.05) is 0 Å². The van der Waals surface area contributed by atoms with Gasteiger partial charge in [-0.2, -0.15) is 0 Å². The maximum Gasteiger partial charge on any atom is 0.0995 e. The van der Waals surface area contributed by atoms with Crippen molar-refractivity contribution in [2.45, 2.75) is 0 Å². The molecule has 350 valence electrons. The van der Waals surface area contributed by atoms with Crippen LogP contribution in [0.3, 0.4) is 0 Å². The van der Waals surface area contributed by atoms with Crippen molar-refractivity contribution < 1.29 is 0 Å². The van der Waals surface area contributed by atoms with Crippen molar-refractivity contribution >= 4 is 121 Å². The van der Waals surface area contributed by atoms with Crippen molar-refractivity contribution in [1.82, 2.24) is 14.5 Å². The van der Waals surface area contributed by atoms with E-state index in [9.17, 15) is 0 Å². The van der Waals surface area contributed by atoms with Gasteiger partial charge in [0.1, 0.15) is 0 Å². The molecule has 5 heteroatoms. The molecule has 0 unspecified atom stereocenters. The van der Waals surface area contributed by atoms with Crippen LogP contribution in [-0.4, -0.2) is 14.5 Å². The third-order valence-corrected chi connectivity index (χ3v) is 15.0. The molecule has 0 N–H and O–H groups in total.